The topological polar surface area (TPSA) is 59.6 Å². The van der Waals surface area contributed by atoms with Crippen LogP contribution in [0.5, 0.6) is 5.75 Å². The maximum Gasteiger partial charge on any atom is 0.203 e. The van der Waals surface area contributed by atoms with Crippen LogP contribution in [-0.4, -0.2) is 18.3 Å². The largest absolute Gasteiger partial charge is 0.497 e. The smallest absolute Gasteiger partial charge is 0.203 e. The van der Waals surface area contributed by atoms with Crippen molar-refractivity contribution in [2.24, 2.45) is 5.10 Å². The van der Waals surface area contributed by atoms with Gasteiger partial charge in [-0.25, -0.2) is 4.98 Å². The van der Waals surface area contributed by atoms with Crippen molar-refractivity contribution < 1.29 is 9.15 Å². The Morgan fingerprint density at radius 1 is 1.29 bits per heavy atom. The van der Waals surface area contributed by atoms with Gasteiger partial charge in [0.25, 0.3) is 0 Å². The van der Waals surface area contributed by atoms with E-state index in [1.54, 1.807) is 19.6 Å². The lowest BCUT2D eigenvalue weighted by atomic mass is 10.2. The van der Waals surface area contributed by atoms with Crippen molar-refractivity contribution in [1.29, 1.82) is 0 Å². The minimum Gasteiger partial charge on any atom is -0.497 e. The molecule has 0 fully saturated rings. The minimum atomic E-state index is 0.689. The molecular weight excluding hydrogens is 286 g/mol. The van der Waals surface area contributed by atoms with Crippen molar-refractivity contribution in [3.8, 4) is 17.0 Å². The van der Waals surface area contributed by atoms with Crippen molar-refractivity contribution in [2.75, 3.05) is 12.5 Å². The summed E-state index contributed by atoms with van der Waals surface area (Å²) in [5.74, 6) is 1.52. The summed E-state index contributed by atoms with van der Waals surface area (Å²) in [4.78, 5) is 4.48. The maximum atomic E-state index is 5.15. The Morgan fingerprint density at radius 2 is 2.14 bits per heavy atom. The lowest BCUT2D eigenvalue weighted by Gasteiger charge is -2.00. The summed E-state index contributed by atoms with van der Waals surface area (Å²) in [6, 6.07) is 11.4. The van der Waals surface area contributed by atoms with Gasteiger partial charge in [-0.05, 0) is 36.4 Å². The fraction of sp³-hybridized carbons (Fsp3) is 0.0667. The third-order valence-corrected chi connectivity index (χ3v) is 3.53. The average Bonchev–Trinajstić information content (AvgIpc) is 3.19. The standard InChI is InChI=1S/C15H13N3O2S/c1-19-12-6-4-11(5-7-12)14-10-21-15(17-14)18-16-9-13-3-2-8-20-13/h2-10H,1H3,(H,17,18). The molecule has 2 heterocycles. The van der Waals surface area contributed by atoms with Gasteiger partial charge in [-0.15, -0.1) is 11.3 Å². The number of nitrogens with one attached hydrogen (secondary N) is 1. The van der Waals surface area contributed by atoms with E-state index in [0.717, 1.165) is 22.1 Å². The summed E-state index contributed by atoms with van der Waals surface area (Å²) >= 11 is 1.49. The molecule has 0 aliphatic carbocycles. The Morgan fingerprint density at radius 3 is 2.86 bits per heavy atom. The van der Waals surface area contributed by atoms with Crippen LogP contribution in [0.15, 0.2) is 57.6 Å². The molecule has 3 rings (SSSR count). The number of hydrogen-bond acceptors (Lipinski definition) is 6. The Labute approximate surface area is 125 Å². The maximum absolute atomic E-state index is 5.15. The summed E-state index contributed by atoms with van der Waals surface area (Å²) in [5.41, 5.74) is 4.83. The monoisotopic (exact) mass is 299 g/mol. The first kappa shape index (κ1) is 13.4. The molecule has 0 saturated heterocycles. The summed E-state index contributed by atoms with van der Waals surface area (Å²) < 4.78 is 10.3. The Hall–Kier alpha value is -2.60. The zero-order valence-electron chi connectivity index (χ0n) is 11.3. The number of anilines is 1. The number of ether oxygens (including phenoxy) is 1. The Balaban J connectivity index is 1.68. The second-order valence-electron chi connectivity index (χ2n) is 4.15. The van der Waals surface area contributed by atoms with Crippen LogP contribution in [0.25, 0.3) is 11.3 Å². The molecule has 0 aliphatic rings. The van der Waals surface area contributed by atoms with E-state index in [-0.39, 0.29) is 0 Å². The lowest BCUT2D eigenvalue weighted by Crippen LogP contribution is -1.89. The fourth-order valence-electron chi connectivity index (χ4n) is 1.74. The third-order valence-electron chi connectivity index (χ3n) is 2.79. The molecule has 2 aromatic heterocycles. The first-order valence-corrected chi connectivity index (χ1v) is 7.15. The van der Waals surface area contributed by atoms with Gasteiger partial charge < -0.3 is 9.15 Å². The predicted octanol–water partition coefficient (Wildman–Crippen LogP) is 3.86. The quantitative estimate of drug-likeness (QED) is 0.574. The number of nitrogens with zero attached hydrogens (tertiary/aromatic N) is 2. The molecule has 0 spiro atoms. The molecule has 0 radical (unpaired) electrons. The van der Waals surface area contributed by atoms with E-state index in [4.69, 9.17) is 9.15 Å². The van der Waals surface area contributed by atoms with Gasteiger partial charge in [0.1, 0.15) is 11.5 Å². The summed E-state index contributed by atoms with van der Waals surface area (Å²) in [7, 11) is 1.65. The van der Waals surface area contributed by atoms with Gasteiger partial charge in [-0.3, -0.25) is 5.43 Å². The highest BCUT2D eigenvalue weighted by molar-refractivity contribution is 7.14. The molecule has 0 aliphatic heterocycles. The third kappa shape index (κ3) is 3.29. The molecule has 0 saturated carbocycles. The van der Waals surface area contributed by atoms with Gasteiger partial charge in [0.15, 0.2) is 0 Å². The van der Waals surface area contributed by atoms with Gasteiger partial charge in [-0.2, -0.15) is 5.10 Å². The number of aromatic nitrogens is 1. The van der Waals surface area contributed by atoms with Crippen LogP contribution < -0.4 is 10.2 Å². The van der Waals surface area contributed by atoms with Gasteiger partial charge >= 0.3 is 0 Å². The number of hydrogen-bond donors (Lipinski definition) is 1. The van der Waals surface area contributed by atoms with E-state index in [9.17, 15) is 0 Å². The number of furan rings is 1. The van der Waals surface area contributed by atoms with Crippen LogP contribution in [0.2, 0.25) is 0 Å². The molecule has 0 amide bonds. The summed E-state index contributed by atoms with van der Waals surface area (Å²) in [5, 5.41) is 6.78. The van der Waals surface area contributed by atoms with E-state index in [1.165, 1.54) is 11.3 Å². The highest BCUT2D eigenvalue weighted by Crippen LogP contribution is 2.26. The lowest BCUT2D eigenvalue weighted by molar-refractivity contribution is 0.415. The van der Waals surface area contributed by atoms with Crippen LogP contribution in [-0.2, 0) is 0 Å². The van der Waals surface area contributed by atoms with Crippen molar-refractivity contribution in [1.82, 2.24) is 4.98 Å². The number of thiazole rings is 1. The molecule has 6 heteroatoms. The molecular formula is C15H13N3O2S. The van der Waals surface area contributed by atoms with Crippen LogP contribution in [0.1, 0.15) is 5.76 Å². The molecule has 1 aromatic carbocycles. The van der Waals surface area contributed by atoms with Crippen molar-refractivity contribution in [2.45, 2.75) is 0 Å². The molecule has 106 valence electrons. The zero-order chi connectivity index (χ0) is 14.5. The molecule has 5 nitrogen and oxygen atoms in total. The molecule has 0 atom stereocenters. The van der Waals surface area contributed by atoms with Crippen molar-refractivity contribution in [3.63, 3.8) is 0 Å². The van der Waals surface area contributed by atoms with Crippen molar-refractivity contribution >= 4 is 22.7 Å². The van der Waals surface area contributed by atoms with Crippen LogP contribution in [0.4, 0.5) is 5.13 Å². The van der Waals surface area contributed by atoms with Gasteiger partial charge in [0.2, 0.25) is 5.13 Å². The zero-order valence-corrected chi connectivity index (χ0v) is 12.1. The second kappa shape index (κ2) is 6.23. The van der Waals surface area contributed by atoms with Gasteiger partial charge in [0, 0.05) is 10.9 Å². The van der Waals surface area contributed by atoms with Crippen LogP contribution in [0.3, 0.4) is 0 Å². The number of hydrazone groups is 1. The summed E-state index contributed by atoms with van der Waals surface area (Å²) in [6.07, 6.45) is 3.21. The SMILES string of the molecule is COc1ccc(-c2csc(NN=Cc3ccco3)n2)cc1. The second-order valence-corrected chi connectivity index (χ2v) is 5.01. The normalized spacial score (nSPS) is 10.9. The van der Waals surface area contributed by atoms with Gasteiger partial charge in [-0.1, -0.05) is 0 Å². The molecule has 0 bridgehead atoms. The highest BCUT2D eigenvalue weighted by Gasteiger charge is 2.04. The Kier molecular flexibility index (Phi) is 3.97. The first-order chi connectivity index (χ1) is 10.3. The number of benzene rings is 1. The summed E-state index contributed by atoms with van der Waals surface area (Å²) in [6.45, 7) is 0. The average molecular weight is 299 g/mol. The van der Waals surface area contributed by atoms with E-state index in [0.29, 0.717) is 5.76 Å². The molecule has 1 N–H and O–H groups in total. The molecule has 3 aromatic rings. The first-order valence-electron chi connectivity index (χ1n) is 6.28. The van der Waals surface area contributed by atoms with Gasteiger partial charge in [0.05, 0.1) is 25.3 Å². The Bertz CT molecular complexity index is 718. The van der Waals surface area contributed by atoms with Crippen molar-refractivity contribution in [3.05, 3.63) is 53.8 Å². The molecule has 21 heavy (non-hydrogen) atoms. The van der Waals surface area contributed by atoms with E-state index < -0.39 is 0 Å². The predicted molar refractivity (Wildman–Crippen MR) is 84.0 cm³/mol. The van der Waals surface area contributed by atoms with Crippen LogP contribution in [0, 0.1) is 0 Å². The minimum absolute atomic E-state index is 0.689. The highest BCUT2D eigenvalue weighted by atomic mass is 32.1. The van der Waals surface area contributed by atoms with E-state index in [2.05, 4.69) is 15.5 Å². The van der Waals surface area contributed by atoms with E-state index in [1.807, 2.05) is 41.8 Å². The van der Waals surface area contributed by atoms with Crippen LogP contribution >= 0.6 is 11.3 Å². The molecule has 0 unspecified atom stereocenters. The number of methoxy groups -OCH3 is 1. The fourth-order valence-corrected chi connectivity index (χ4v) is 2.40. The van der Waals surface area contributed by atoms with E-state index >= 15 is 0 Å². The number of rotatable bonds is 5.